The van der Waals surface area contributed by atoms with E-state index in [9.17, 15) is 14.4 Å². The number of benzene rings is 2. The van der Waals surface area contributed by atoms with Gasteiger partial charge in [-0.05, 0) is 55.0 Å². The van der Waals surface area contributed by atoms with E-state index in [0.29, 0.717) is 38.0 Å². The molecule has 1 spiro atoms. The van der Waals surface area contributed by atoms with E-state index in [1.807, 2.05) is 47.4 Å². The zero-order valence-corrected chi connectivity index (χ0v) is 18.5. The third-order valence-corrected chi connectivity index (χ3v) is 7.53. The number of rotatable bonds is 4. The normalized spacial score (nSPS) is 19.6. The van der Waals surface area contributed by atoms with Gasteiger partial charge in [-0.3, -0.25) is 14.4 Å². The summed E-state index contributed by atoms with van der Waals surface area (Å²) in [5.41, 5.74) is 2.75. The summed E-state index contributed by atoms with van der Waals surface area (Å²) in [6, 6.07) is 15.4. The number of nitrogens with one attached hydrogen (secondary N) is 1. The van der Waals surface area contributed by atoms with Crippen molar-refractivity contribution < 1.29 is 14.4 Å². The SMILES string of the molecule is CN1C(=O)C2(CCN(C(=O)C3CCC3)CC2)c2cc(C(=O)NCc3ccccc3)ccc21. The lowest BCUT2D eigenvalue weighted by atomic mass is 9.72. The predicted molar refractivity (Wildman–Crippen MR) is 122 cm³/mol. The molecule has 0 radical (unpaired) electrons. The lowest BCUT2D eigenvalue weighted by Crippen LogP contribution is -2.51. The van der Waals surface area contributed by atoms with Crippen molar-refractivity contribution in [3.05, 3.63) is 65.2 Å². The molecule has 6 nitrogen and oxygen atoms in total. The fraction of sp³-hybridized carbons (Fsp3) is 0.423. The van der Waals surface area contributed by atoms with Gasteiger partial charge in [0.2, 0.25) is 11.8 Å². The van der Waals surface area contributed by atoms with E-state index >= 15 is 0 Å². The Morgan fingerprint density at radius 2 is 1.78 bits per heavy atom. The first-order chi connectivity index (χ1) is 15.5. The van der Waals surface area contributed by atoms with Gasteiger partial charge >= 0.3 is 0 Å². The highest BCUT2D eigenvalue weighted by Gasteiger charge is 2.52. The maximum Gasteiger partial charge on any atom is 0.251 e. The number of likely N-dealkylation sites (N-methyl/N-ethyl adjacent to an activating group) is 1. The predicted octanol–water partition coefficient (Wildman–Crippen LogP) is 3.25. The summed E-state index contributed by atoms with van der Waals surface area (Å²) >= 11 is 0. The topological polar surface area (TPSA) is 69.7 Å². The van der Waals surface area contributed by atoms with Crippen LogP contribution in [0.4, 0.5) is 5.69 Å². The Hall–Kier alpha value is -3.15. The van der Waals surface area contributed by atoms with E-state index in [1.165, 1.54) is 0 Å². The van der Waals surface area contributed by atoms with Crippen LogP contribution in [0, 0.1) is 5.92 Å². The van der Waals surface area contributed by atoms with E-state index < -0.39 is 5.41 Å². The Kier molecular flexibility index (Phi) is 5.24. The van der Waals surface area contributed by atoms with Gasteiger partial charge in [0.15, 0.2) is 0 Å². The first kappa shape index (κ1) is 20.7. The molecule has 1 saturated heterocycles. The molecule has 32 heavy (non-hydrogen) atoms. The Bertz CT molecular complexity index is 1050. The molecule has 2 aliphatic heterocycles. The third kappa shape index (κ3) is 3.38. The van der Waals surface area contributed by atoms with Crippen molar-refractivity contribution in [2.45, 2.75) is 44.1 Å². The fourth-order valence-electron chi connectivity index (χ4n) is 5.28. The molecule has 5 rings (SSSR count). The summed E-state index contributed by atoms with van der Waals surface area (Å²) in [6.07, 6.45) is 4.34. The van der Waals surface area contributed by atoms with Gasteiger partial charge in [0.05, 0.1) is 5.41 Å². The van der Waals surface area contributed by atoms with Crippen LogP contribution < -0.4 is 10.2 Å². The second-order valence-electron chi connectivity index (χ2n) is 9.30. The molecule has 1 aliphatic carbocycles. The molecule has 1 saturated carbocycles. The van der Waals surface area contributed by atoms with Gasteiger partial charge in [-0.2, -0.15) is 0 Å². The van der Waals surface area contributed by atoms with Crippen molar-refractivity contribution in [2.75, 3.05) is 25.0 Å². The summed E-state index contributed by atoms with van der Waals surface area (Å²) in [7, 11) is 1.80. The molecule has 3 aliphatic rings. The van der Waals surface area contributed by atoms with Gasteiger partial charge in [0.1, 0.15) is 0 Å². The summed E-state index contributed by atoms with van der Waals surface area (Å²) in [4.78, 5) is 42.5. The van der Waals surface area contributed by atoms with Crippen molar-refractivity contribution in [3.63, 3.8) is 0 Å². The van der Waals surface area contributed by atoms with Gasteiger partial charge < -0.3 is 15.1 Å². The van der Waals surface area contributed by atoms with Gasteiger partial charge in [0.25, 0.3) is 5.91 Å². The Labute approximate surface area is 188 Å². The van der Waals surface area contributed by atoms with Crippen LogP contribution in [-0.2, 0) is 21.5 Å². The molecule has 0 bridgehead atoms. The van der Waals surface area contributed by atoms with E-state index in [-0.39, 0.29) is 23.6 Å². The molecule has 6 heteroatoms. The molecular formula is C26H29N3O3. The van der Waals surface area contributed by atoms with Gasteiger partial charge in [-0.15, -0.1) is 0 Å². The van der Waals surface area contributed by atoms with E-state index in [1.54, 1.807) is 18.0 Å². The number of piperidine rings is 1. The summed E-state index contributed by atoms with van der Waals surface area (Å²) in [6.45, 7) is 1.65. The summed E-state index contributed by atoms with van der Waals surface area (Å²) in [5, 5.41) is 2.98. The molecule has 0 aromatic heterocycles. The van der Waals surface area contributed by atoms with Crippen molar-refractivity contribution in [3.8, 4) is 0 Å². The highest BCUT2D eigenvalue weighted by molar-refractivity contribution is 6.09. The van der Waals surface area contributed by atoms with Gasteiger partial charge in [-0.1, -0.05) is 36.8 Å². The smallest absolute Gasteiger partial charge is 0.251 e. The van der Waals surface area contributed by atoms with Crippen molar-refractivity contribution in [2.24, 2.45) is 5.92 Å². The number of hydrogen-bond acceptors (Lipinski definition) is 3. The quantitative estimate of drug-likeness (QED) is 0.808. The Balaban J connectivity index is 1.35. The van der Waals surface area contributed by atoms with Crippen LogP contribution in [0.15, 0.2) is 48.5 Å². The monoisotopic (exact) mass is 431 g/mol. The first-order valence-electron chi connectivity index (χ1n) is 11.5. The first-order valence-corrected chi connectivity index (χ1v) is 11.5. The van der Waals surface area contributed by atoms with E-state index in [2.05, 4.69) is 5.32 Å². The van der Waals surface area contributed by atoms with Crippen molar-refractivity contribution >= 4 is 23.4 Å². The second kappa shape index (κ2) is 8.08. The molecule has 166 valence electrons. The summed E-state index contributed by atoms with van der Waals surface area (Å²) < 4.78 is 0. The highest BCUT2D eigenvalue weighted by atomic mass is 16.2. The third-order valence-electron chi connectivity index (χ3n) is 7.53. The maximum atomic E-state index is 13.3. The minimum absolute atomic E-state index is 0.0742. The van der Waals surface area contributed by atoms with Crippen LogP contribution in [0.2, 0.25) is 0 Å². The van der Waals surface area contributed by atoms with E-state index in [4.69, 9.17) is 0 Å². The average Bonchev–Trinajstić information content (AvgIpc) is 2.99. The molecule has 0 atom stereocenters. The van der Waals surface area contributed by atoms with Crippen LogP contribution in [0.3, 0.4) is 0 Å². The second-order valence-corrected chi connectivity index (χ2v) is 9.30. The minimum atomic E-state index is -0.643. The van der Waals surface area contributed by atoms with Crippen LogP contribution in [-0.4, -0.2) is 42.8 Å². The Morgan fingerprint density at radius 3 is 2.44 bits per heavy atom. The van der Waals surface area contributed by atoms with E-state index in [0.717, 1.165) is 36.1 Å². The minimum Gasteiger partial charge on any atom is -0.348 e. The number of amides is 3. The van der Waals surface area contributed by atoms with Crippen LogP contribution in [0.25, 0.3) is 0 Å². The number of hydrogen-bond donors (Lipinski definition) is 1. The standard InChI is InChI=1S/C26H29N3O3/c1-28-22-11-10-20(23(30)27-17-18-6-3-2-4-7-18)16-21(22)26(25(28)32)12-14-29(15-13-26)24(31)19-8-5-9-19/h2-4,6-7,10-11,16,19H,5,8-9,12-15,17H2,1H3,(H,27,30). The van der Waals surface area contributed by atoms with Crippen LogP contribution in [0.1, 0.15) is 53.6 Å². The molecule has 3 amide bonds. The largest absolute Gasteiger partial charge is 0.348 e. The van der Waals surface area contributed by atoms with Crippen LogP contribution >= 0.6 is 0 Å². The number of carbonyl (C=O) groups excluding carboxylic acids is 3. The van der Waals surface area contributed by atoms with Crippen molar-refractivity contribution in [1.29, 1.82) is 0 Å². The number of anilines is 1. The van der Waals surface area contributed by atoms with Crippen molar-refractivity contribution in [1.82, 2.24) is 10.2 Å². The molecule has 2 heterocycles. The van der Waals surface area contributed by atoms with Gasteiger partial charge in [0, 0.05) is 43.9 Å². The number of carbonyl (C=O) groups is 3. The maximum absolute atomic E-state index is 13.3. The fourth-order valence-corrected chi connectivity index (χ4v) is 5.28. The Morgan fingerprint density at radius 1 is 1.06 bits per heavy atom. The zero-order valence-electron chi connectivity index (χ0n) is 18.5. The molecule has 1 N–H and O–H groups in total. The van der Waals surface area contributed by atoms with Crippen LogP contribution in [0.5, 0.6) is 0 Å². The zero-order chi connectivity index (χ0) is 22.3. The molecular weight excluding hydrogens is 402 g/mol. The highest BCUT2D eigenvalue weighted by Crippen LogP contribution is 2.48. The molecule has 0 unspecified atom stereocenters. The molecule has 2 fully saturated rings. The average molecular weight is 432 g/mol. The lowest BCUT2D eigenvalue weighted by molar-refractivity contribution is -0.141. The number of nitrogens with zero attached hydrogens (tertiary/aromatic N) is 2. The number of likely N-dealkylation sites (tertiary alicyclic amines) is 1. The summed E-state index contributed by atoms with van der Waals surface area (Å²) in [5.74, 6) is 0.355. The van der Waals surface area contributed by atoms with Gasteiger partial charge in [-0.25, -0.2) is 0 Å². The molecule has 2 aromatic carbocycles. The number of fused-ring (bicyclic) bond motifs is 2. The molecule has 2 aromatic rings. The lowest BCUT2D eigenvalue weighted by Gasteiger charge is -2.40.